The van der Waals surface area contributed by atoms with Crippen LogP contribution in [0.25, 0.3) is 11.0 Å². The van der Waals surface area contributed by atoms with Crippen LogP contribution in [0.2, 0.25) is 0 Å². The molecule has 1 aliphatic carbocycles. The molecular weight excluding hydrogens is 396 g/mol. The third-order valence-corrected chi connectivity index (χ3v) is 5.38. The molecule has 1 saturated carbocycles. The van der Waals surface area contributed by atoms with Gasteiger partial charge < -0.3 is 20.2 Å². The Kier molecular flexibility index (Phi) is 5.70. The first-order valence-electron chi connectivity index (χ1n) is 10.4. The highest BCUT2D eigenvalue weighted by molar-refractivity contribution is 5.99. The summed E-state index contributed by atoms with van der Waals surface area (Å²) >= 11 is 0. The Morgan fingerprint density at radius 1 is 1.13 bits per heavy atom. The van der Waals surface area contributed by atoms with Crippen LogP contribution in [0.4, 0.5) is 0 Å². The third kappa shape index (κ3) is 4.58. The zero-order valence-corrected chi connectivity index (χ0v) is 17.2. The lowest BCUT2D eigenvalue weighted by atomic mass is 10.0. The van der Waals surface area contributed by atoms with E-state index in [-0.39, 0.29) is 11.9 Å². The Labute approximate surface area is 178 Å². The molecule has 3 aromatic rings. The molecule has 1 atom stereocenters. The van der Waals surface area contributed by atoms with Gasteiger partial charge in [-0.2, -0.15) is 0 Å². The van der Waals surface area contributed by atoms with Crippen molar-refractivity contribution >= 4 is 22.8 Å². The minimum Gasteiger partial charge on any atom is -0.352 e. The highest BCUT2D eigenvalue weighted by atomic mass is 16.2. The number of aromatic nitrogens is 2. The fourth-order valence-corrected chi connectivity index (χ4v) is 3.56. The number of aryl methyl sites for hydroxylation is 1. The van der Waals surface area contributed by atoms with E-state index in [0.717, 1.165) is 18.4 Å². The van der Waals surface area contributed by atoms with E-state index < -0.39 is 23.1 Å². The van der Waals surface area contributed by atoms with Crippen molar-refractivity contribution in [3.63, 3.8) is 0 Å². The summed E-state index contributed by atoms with van der Waals surface area (Å²) in [6, 6.07) is 13.7. The second-order valence-electron chi connectivity index (χ2n) is 7.73. The standard InChI is InChI=1S/C23H24N4O4/c1-2-27-19-11-8-15(13-17(19)25-22(30)23(27)31)20(28)26-18(21(29)24-16-9-10-16)12-14-6-4-3-5-7-14/h3-8,11,13,16,18H,2,9-10,12H2,1H3,(H,24,29)(H,25,30)(H,26,28). The molecule has 0 saturated heterocycles. The van der Waals surface area contributed by atoms with E-state index in [1.165, 1.54) is 10.6 Å². The van der Waals surface area contributed by atoms with Crippen LogP contribution in [-0.4, -0.2) is 33.4 Å². The number of fused-ring (bicyclic) bond motifs is 1. The molecule has 0 spiro atoms. The third-order valence-electron chi connectivity index (χ3n) is 5.38. The van der Waals surface area contributed by atoms with Crippen molar-refractivity contribution in [2.24, 2.45) is 0 Å². The van der Waals surface area contributed by atoms with Gasteiger partial charge in [0.25, 0.3) is 5.91 Å². The molecular formula is C23H24N4O4. The molecule has 0 aliphatic heterocycles. The number of carbonyl (C=O) groups excluding carboxylic acids is 2. The van der Waals surface area contributed by atoms with Crippen molar-refractivity contribution in [3.8, 4) is 0 Å². The highest BCUT2D eigenvalue weighted by Crippen LogP contribution is 2.19. The van der Waals surface area contributed by atoms with E-state index in [4.69, 9.17) is 0 Å². The largest absolute Gasteiger partial charge is 0.352 e. The maximum Gasteiger partial charge on any atom is 0.316 e. The Balaban J connectivity index is 1.60. The van der Waals surface area contributed by atoms with Crippen LogP contribution >= 0.6 is 0 Å². The second-order valence-corrected chi connectivity index (χ2v) is 7.73. The van der Waals surface area contributed by atoms with Gasteiger partial charge in [-0.3, -0.25) is 19.2 Å². The molecule has 8 heteroatoms. The van der Waals surface area contributed by atoms with Crippen molar-refractivity contribution < 1.29 is 9.59 Å². The Bertz CT molecular complexity index is 1240. The van der Waals surface area contributed by atoms with Crippen LogP contribution in [0.15, 0.2) is 58.1 Å². The van der Waals surface area contributed by atoms with Gasteiger partial charge in [-0.1, -0.05) is 30.3 Å². The van der Waals surface area contributed by atoms with Crippen molar-refractivity contribution in [3.05, 3.63) is 80.4 Å². The lowest BCUT2D eigenvalue weighted by Crippen LogP contribution is -2.48. The SMILES string of the molecule is CCn1c(=O)c(=O)[nH]c2cc(C(=O)NC(Cc3ccccc3)C(=O)NC3CC3)ccc21. The summed E-state index contributed by atoms with van der Waals surface area (Å²) in [5, 5.41) is 5.77. The molecule has 4 rings (SSSR count). The second kappa shape index (κ2) is 8.59. The van der Waals surface area contributed by atoms with Crippen LogP contribution in [0.3, 0.4) is 0 Å². The Hall–Kier alpha value is -3.68. The van der Waals surface area contributed by atoms with Gasteiger partial charge in [0.15, 0.2) is 0 Å². The fourth-order valence-electron chi connectivity index (χ4n) is 3.56. The minimum absolute atomic E-state index is 0.180. The normalized spacial score (nSPS) is 14.2. The summed E-state index contributed by atoms with van der Waals surface area (Å²) in [5.41, 5.74) is 0.789. The van der Waals surface area contributed by atoms with E-state index in [9.17, 15) is 19.2 Å². The van der Waals surface area contributed by atoms with Gasteiger partial charge >= 0.3 is 11.1 Å². The zero-order valence-electron chi connectivity index (χ0n) is 17.2. The number of nitrogens with one attached hydrogen (secondary N) is 3. The number of hydrogen-bond acceptors (Lipinski definition) is 4. The number of rotatable bonds is 7. The summed E-state index contributed by atoms with van der Waals surface area (Å²) in [6.45, 7) is 2.11. The van der Waals surface area contributed by atoms with Crippen LogP contribution in [-0.2, 0) is 17.8 Å². The van der Waals surface area contributed by atoms with Gasteiger partial charge in [0.2, 0.25) is 5.91 Å². The molecule has 3 N–H and O–H groups in total. The van der Waals surface area contributed by atoms with Crippen molar-refractivity contribution in [2.75, 3.05) is 0 Å². The zero-order chi connectivity index (χ0) is 22.0. The van der Waals surface area contributed by atoms with Gasteiger partial charge in [0.05, 0.1) is 11.0 Å². The molecule has 1 fully saturated rings. The van der Waals surface area contributed by atoms with Gasteiger partial charge in [-0.25, -0.2) is 0 Å². The summed E-state index contributed by atoms with van der Waals surface area (Å²) in [6.07, 6.45) is 2.27. The minimum atomic E-state index is -0.738. The monoisotopic (exact) mass is 420 g/mol. The number of benzene rings is 2. The van der Waals surface area contributed by atoms with Crippen molar-refractivity contribution in [1.29, 1.82) is 0 Å². The molecule has 31 heavy (non-hydrogen) atoms. The van der Waals surface area contributed by atoms with Crippen LogP contribution in [0.1, 0.15) is 35.7 Å². The summed E-state index contributed by atoms with van der Waals surface area (Å²) in [5.74, 6) is -0.641. The number of H-pyrrole nitrogens is 1. The van der Waals surface area contributed by atoms with Crippen LogP contribution < -0.4 is 21.8 Å². The average Bonchev–Trinajstić information content (AvgIpc) is 3.58. The van der Waals surface area contributed by atoms with Crippen molar-refractivity contribution in [2.45, 2.75) is 44.8 Å². The molecule has 0 bridgehead atoms. The van der Waals surface area contributed by atoms with Gasteiger partial charge in [0.1, 0.15) is 6.04 Å². The molecule has 2 amide bonds. The summed E-state index contributed by atoms with van der Waals surface area (Å²) in [7, 11) is 0. The van der Waals surface area contributed by atoms with E-state index in [1.54, 1.807) is 19.1 Å². The van der Waals surface area contributed by atoms with Gasteiger partial charge in [-0.05, 0) is 43.5 Å². The maximum atomic E-state index is 12.9. The molecule has 1 aliphatic rings. The van der Waals surface area contributed by atoms with E-state index in [2.05, 4.69) is 15.6 Å². The molecule has 1 heterocycles. The van der Waals surface area contributed by atoms with Gasteiger partial charge in [-0.15, -0.1) is 0 Å². The van der Waals surface area contributed by atoms with E-state index >= 15 is 0 Å². The number of nitrogens with zero attached hydrogens (tertiary/aromatic N) is 1. The maximum absolute atomic E-state index is 12.9. The molecule has 160 valence electrons. The van der Waals surface area contributed by atoms with Gasteiger partial charge in [0, 0.05) is 24.6 Å². The fraction of sp³-hybridized carbons (Fsp3) is 0.304. The molecule has 1 aromatic heterocycles. The van der Waals surface area contributed by atoms with Crippen LogP contribution in [0.5, 0.6) is 0 Å². The first kappa shape index (κ1) is 20.6. The predicted octanol–water partition coefficient (Wildman–Crippen LogP) is 1.33. The smallest absolute Gasteiger partial charge is 0.316 e. The summed E-state index contributed by atoms with van der Waals surface area (Å²) in [4.78, 5) is 52.2. The first-order valence-corrected chi connectivity index (χ1v) is 10.4. The van der Waals surface area contributed by atoms with E-state index in [0.29, 0.717) is 29.6 Å². The average molecular weight is 420 g/mol. The lowest BCUT2D eigenvalue weighted by Gasteiger charge is -2.19. The highest BCUT2D eigenvalue weighted by Gasteiger charge is 2.29. The Morgan fingerprint density at radius 3 is 2.55 bits per heavy atom. The molecule has 8 nitrogen and oxygen atoms in total. The lowest BCUT2D eigenvalue weighted by molar-refractivity contribution is -0.123. The quantitative estimate of drug-likeness (QED) is 0.501. The van der Waals surface area contributed by atoms with E-state index in [1.807, 2.05) is 30.3 Å². The Morgan fingerprint density at radius 2 is 1.87 bits per heavy atom. The number of amides is 2. The molecule has 1 unspecified atom stereocenters. The molecule has 0 radical (unpaired) electrons. The molecule has 2 aromatic carbocycles. The van der Waals surface area contributed by atoms with Crippen molar-refractivity contribution in [1.82, 2.24) is 20.2 Å². The topological polar surface area (TPSA) is 113 Å². The summed E-state index contributed by atoms with van der Waals surface area (Å²) < 4.78 is 1.36. The predicted molar refractivity (Wildman–Crippen MR) is 117 cm³/mol. The number of aromatic amines is 1. The number of carbonyl (C=O) groups is 2. The first-order chi connectivity index (χ1) is 15.0. The number of hydrogen-bond donors (Lipinski definition) is 3. The van der Waals surface area contributed by atoms with Crippen LogP contribution in [0, 0.1) is 0 Å².